The SMILES string of the molecule is C#CCOc1ccc(C(=O)N2CCCC(CN3CCC(O)C3)C2)cc1. The van der Waals surface area contributed by atoms with E-state index >= 15 is 0 Å². The quantitative estimate of drug-likeness (QED) is 0.826. The lowest BCUT2D eigenvalue weighted by molar-refractivity contribution is 0.0642. The first kappa shape index (κ1) is 17.8. The monoisotopic (exact) mass is 342 g/mol. The molecular formula is C20H26N2O3. The molecule has 2 aliphatic rings. The van der Waals surface area contributed by atoms with E-state index in [9.17, 15) is 9.90 Å². The predicted octanol–water partition coefficient (Wildman–Crippen LogP) is 1.62. The van der Waals surface area contributed by atoms with E-state index in [0.717, 1.165) is 52.0 Å². The fraction of sp³-hybridized carbons (Fsp3) is 0.550. The zero-order valence-corrected chi connectivity index (χ0v) is 14.6. The average Bonchev–Trinajstić information content (AvgIpc) is 3.05. The van der Waals surface area contributed by atoms with Crippen LogP contribution in [0.3, 0.4) is 0 Å². The molecule has 0 aromatic heterocycles. The summed E-state index contributed by atoms with van der Waals surface area (Å²) in [5.74, 6) is 3.67. The summed E-state index contributed by atoms with van der Waals surface area (Å²) in [6.45, 7) is 4.54. The topological polar surface area (TPSA) is 53.0 Å². The number of terminal acetylenes is 1. The molecule has 0 spiro atoms. The number of β-amino-alcohol motifs (C(OH)–C–C–N with tert-alkyl or cyclic N) is 1. The summed E-state index contributed by atoms with van der Waals surface area (Å²) in [7, 11) is 0. The smallest absolute Gasteiger partial charge is 0.253 e. The van der Waals surface area contributed by atoms with Gasteiger partial charge in [0.25, 0.3) is 5.91 Å². The number of rotatable bonds is 5. The van der Waals surface area contributed by atoms with Gasteiger partial charge in [0.15, 0.2) is 0 Å². The summed E-state index contributed by atoms with van der Waals surface area (Å²) in [4.78, 5) is 17.0. The van der Waals surface area contributed by atoms with E-state index in [0.29, 0.717) is 17.2 Å². The highest BCUT2D eigenvalue weighted by Crippen LogP contribution is 2.22. The van der Waals surface area contributed by atoms with Crippen LogP contribution in [0.1, 0.15) is 29.6 Å². The van der Waals surface area contributed by atoms with E-state index in [1.54, 1.807) is 24.3 Å². The Hall–Kier alpha value is -2.03. The molecule has 5 heteroatoms. The molecule has 2 heterocycles. The lowest BCUT2D eigenvalue weighted by Gasteiger charge is -2.34. The van der Waals surface area contributed by atoms with Crippen molar-refractivity contribution in [3.8, 4) is 18.1 Å². The Balaban J connectivity index is 1.55. The van der Waals surface area contributed by atoms with Crippen LogP contribution >= 0.6 is 0 Å². The van der Waals surface area contributed by atoms with Crippen LogP contribution in [0.4, 0.5) is 0 Å². The summed E-state index contributed by atoms with van der Waals surface area (Å²) in [5.41, 5.74) is 0.685. The Bertz CT molecular complexity index is 623. The van der Waals surface area contributed by atoms with Crippen LogP contribution in [0.2, 0.25) is 0 Å². The Morgan fingerprint density at radius 1 is 1.24 bits per heavy atom. The minimum atomic E-state index is -0.184. The highest BCUT2D eigenvalue weighted by molar-refractivity contribution is 5.94. The predicted molar refractivity (Wildman–Crippen MR) is 96.5 cm³/mol. The van der Waals surface area contributed by atoms with Crippen molar-refractivity contribution in [3.63, 3.8) is 0 Å². The third-order valence-corrected chi connectivity index (χ3v) is 4.99. The third kappa shape index (κ3) is 4.75. The summed E-state index contributed by atoms with van der Waals surface area (Å²) < 4.78 is 5.35. The molecule has 1 aromatic carbocycles. The maximum Gasteiger partial charge on any atom is 0.253 e. The Morgan fingerprint density at radius 2 is 2.04 bits per heavy atom. The average molecular weight is 342 g/mol. The molecule has 1 amide bonds. The van der Waals surface area contributed by atoms with Gasteiger partial charge in [-0.25, -0.2) is 0 Å². The third-order valence-electron chi connectivity index (χ3n) is 4.99. The van der Waals surface area contributed by atoms with Crippen molar-refractivity contribution in [2.24, 2.45) is 5.92 Å². The van der Waals surface area contributed by atoms with Crippen molar-refractivity contribution in [2.75, 3.05) is 39.3 Å². The first-order chi connectivity index (χ1) is 12.2. The second kappa shape index (κ2) is 8.37. The molecule has 2 atom stereocenters. The van der Waals surface area contributed by atoms with Crippen LogP contribution in [-0.4, -0.2) is 66.2 Å². The van der Waals surface area contributed by atoms with Crippen molar-refractivity contribution < 1.29 is 14.6 Å². The van der Waals surface area contributed by atoms with E-state index in [1.165, 1.54) is 0 Å². The van der Waals surface area contributed by atoms with Gasteiger partial charge in [-0.2, -0.15) is 0 Å². The van der Waals surface area contributed by atoms with Crippen LogP contribution in [0.25, 0.3) is 0 Å². The molecule has 2 fully saturated rings. The Kier molecular flexibility index (Phi) is 5.95. The summed E-state index contributed by atoms with van der Waals surface area (Å²) in [6, 6.07) is 7.18. The van der Waals surface area contributed by atoms with Gasteiger partial charge in [0.1, 0.15) is 12.4 Å². The van der Waals surface area contributed by atoms with Gasteiger partial charge in [-0.3, -0.25) is 4.79 Å². The molecule has 0 radical (unpaired) electrons. The van der Waals surface area contributed by atoms with Gasteiger partial charge in [0, 0.05) is 38.3 Å². The zero-order valence-electron chi connectivity index (χ0n) is 14.6. The highest BCUT2D eigenvalue weighted by Gasteiger charge is 2.28. The molecule has 0 saturated carbocycles. The van der Waals surface area contributed by atoms with Gasteiger partial charge < -0.3 is 19.6 Å². The number of carbonyl (C=O) groups is 1. The summed E-state index contributed by atoms with van der Waals surface area (Å²) >= 11 is 0. The number of amides is 1. The van der Waals surface area contributed by atoms with E-state index in [1.807, 2.05) is 4.90 Å². The number of hydrogen-bond donors (Lipinski definition) is 1. The molecule has 2 unspecified atom stereocenters. The maximum absolute atomic E-state index is 12.8. The van der Waals surface area contributed by atoms with Crippen LogP contribution in [0.5, 0.6) is 5.75 Å². The molecule has 0 bridgehead atoms. The van der Waals surface area contributed by atoms with Crippen molar-refractivity contribution in [2.45, 2.75) is 25.4 Å². The maximum atomic E-state index is 12.8. The van der Waals surface area contributed by atoms with E-state index in [4.69, 9.17) is 11.2 Å². The molecular weight excluding hydrogens is 316 g/mol. The normalized spacial score (nSPS) is 24.1. The molecule has 2 aliphatic heterocycles. The molecule has 5 nitrogen and oxygen atoms in total. The van der Waals surface area contributed by atoms with Gasteiger partial charge in [-0.05, 0) is 49.4 Å². The molecule has 3 rings (SSSR count). The second-order valence-corrected chi connectivity index (χ2v) is 6.98. The molecule has 1 N–H and O–H groups in total. The van der Waals surface area contributed by atoms with Crippen LogP contribution in [0.15, 0.2) is 24.3 Å². The van der Waals surface area contributed by atoms with Crippen molar-refractivity contribution >= 4 is 5.91 Å². The Morgan fingerprint density at radius 3 is 2.72 bits per heavy atom. The number of benzene rings is 1. The van der Waals surface area contributed by atoms with Crippen LogP contribution in [-0.2, 0) is 0 Å². The number of nitrogens with zero attached hydrogens (tertiary/aromatic N) is 2. The molecule has 0 aliphatic carbocycles. The van der Waals surface area contributed by atoms with Crippen molar-refractivity contribution in [1.29, 1.82) is 0 Å². The van der Waals surface area contributed by atoms with Crippen molar-refractivity contribution in [1.82, 2.24) is 9.80 Å². The number of aliphatic hydroxyl groups is 1. The van der Waals surface area contributed by atoms with Gasteiger partial charge in [-0.1, -0.05) is 5.92 Å². The highest BCUT2D eigenvalue weighted by atomic mass is 16.5. The fourth-order valence-corrected chi connectivity index (χ4v) is 3.74. The fourth-order valence-electron chi connectivity index (χ4n) is 3.74. The van der Waals surface area contributed by atoms with E-state index in [2.05, 4.69) is 10.8 Å². The molecule has 25 heavy (non-hydrogen) atoms. The van der Waals surface area contributed by atoms with Gasteiger partial charge in [-0.15, -0.1) is 6.42 Å². The minimum absolute atomic E-state index is 0.0784. The summed E-state index contributed by atoms with van der Waals surface area (Å²) in [6.07, 6.45) is 8.04. The van der Waals surface area contributed by atoms with Crippen molar-refractivity contribution in [3.05, 3.63) is 29.8 Å². The van der Waals surface area contributed by atoms with E-state index < -0.39 is 0 Å². The van der Waals surface area contributed by atoms with Gasteiger partial charge in [0.05, 0.1) is 6.10 Å². The van der Waals surface area contributed by atoms with Gasteiger partial charge in [0.2, 0.25) is 0 Å². The first-order valence-corrected chi connectivity index (χ1v) is 9.01. The Labute approximate surface area is 149 Å². The standard InChI is InChI=1S/C20H26N2O3/c1-2-12-25-19-7-5-17(6-8-19)20(24)22-10-3-4-16(14-22)13-21-11-9-18(23)15-21/h1,5-8,16,18,23H,3-4,9-15H2. The molecule has 2 saturated heterocycles. The summed E-state index contributed by atoms with van der Waals surface area (Å²) in [5, 5.41) is 9.67. The number of carbonyl (C=O) groups excluding carboxylic acids is 1. The largest absolute Gasteiger partial charge is 0.481 e. The minimum Gasteiger partial charge on any atom is -0.481 e. The number of hydrogen-bond acceptors (Lipinski definition) is 4. The molecule has 1 aromatic rings. The number of aliphatic hydroxyl groups excluding tert-OH is 1. The molecule has 134 valence electrons. The lowest BCUT2D eigenvalue weighted by Crippen LogP contribution is -2.43. The second-order valence-electron chi connectivity index (χ2n) is 6.98. The van der Waals surface area contributed by atoms with Gasteiger partial charge >= 0.3 is 0 Å². The number of ether oxygens (including phenoxy) is 1. The zero-order chi connectivity index (χ0) is 17.6. The number of likely N-dealkylation sites (tertiary alicyclic amines) is 2. The van der Waals surface area contributed by atoms with Crippen LogP contribution < -0.4 is 4.74 Å². The number of piperidine rings is 1. The van der Waals surface area contributed by atoms with E-state index in [-0.39, 0.29) is 18.6 Å². The first-order valence-electron chi connectivity index (χ1n) is 9.01. The van der Waals surface area contributed by atoms with Crippen LogP contribution in [0, 0.1) is 18.3 Å². The lowest BCUT2D eigenvalue weighted by atomic mass is 9.96.